The fraction of sp³-hybridized carbons (Fsp3) is 1.00. The van der Waals surface area contributed by atoms with Crippen molar-refractivity contribution >= 4 is 0 Å². The summed E-state index contributed by atoms with van der Waals surface area (Å²) in [7, 11) is 2.21. The van der Waals surface area contributed by atoms with E-state index in [1.54, 1.807) is 0 Å². The van der Waals surface area contributed by atoms with Gasteiger partial charge in [0.25, 0.3) is 0 Å². The van der Waals surface area contributed by atoms with Crippen LogP contribution >= 0.6 is 0 Å². The van der Waals surface area contributed by atoms with Gasteiger partial charge in [0.1, 0.15) is 0 Å². The number of piperazine rings is 1. The molecule has 0 bridgehead atoms. The van der Waals surface area contributed by atoms with E-state index in [0.717, 1.165) is 19.5 Å². The summed E-state index contributed by atoms with van der Waals surface area (Å²) in [6.07, 6.45) is 1.12. The zero-order chi connectivity index (χ0) is 10.7. The minimum absolute atomic E-state index is 0.641. The Kier molecular flexibility index (Phi) is 4.35. The molecule has 0 aromatic heterocycles. The maximum atomic E-state index is 5.66. The van der Waals surface area contributed by atoms with E-state index in [1.165, 1.54) is 6.54 Å². The van der Waals surface area contributed by atoms with Gasteiger partial charge in [0.2, 0.25) is 0 Å². The van der Waals surface area contributed by atoms with Crippen LogP contribution in [-0.2, 0) is 0 Å². The van der Waals surface area contributed by atoms with Crippen LogP contribution in [-0.4, -0.2) is 54.6 Å². The molecule has 2 N–H and O–H groups in total. The molecule has 84 valence electrons. The summed E-state index contributed by atoms with van der Waals surface area (Å²) in [5.74, 6) is 0. The Balaban J connectivity index is 2.60. The molecule has 1 rings (SSSR count). The van der Waals surface area contributed by atoms with Crippen LogP contribution in [0, 0.1) is 0 Å². The molecule has 3 nitrogen and oxygen atoms in total. The highest BCUT2D eigenvalue weighted by atomic mass is 15.3. The van der Waals surface area contributed by atoms with Gasteiger partial charge in [-0.15, -0.1) is 0 Å². The number of nitrogens with zero attached hydrogens (tertiary/aromatic N) is 2. The Morgan fingerprint density at radius 1 is 1.36 bits per heavy atom. The van der Waals surface area contributed by atoms with E-state index >= 15 is 0 Å². The summed E-state index contributed by atoms with van der Waals surface area (Å²) < 4.78 is 0. The molecule has 1 fully saturated rings. The van der Waals surface area contributed by atoms with E-state index in [9.17, 15) is 0 Å². The smallest absolute Gasteiger partial charge is 0.0238 e. The van der Waals surface area contributed by atoms with E-state index in [2.05, 4.69) is 37.6 Å². The lowest BCUT2D eigenvalue weighted by molar-refractivity contribution is 0.0277. The minimum atomic E-state index is 0.641. The van der Waals surface area contributed by atoms with Crippen molar-refractivity contribution in [2.24, 2.45) is 5.73 Å². The van der Waals surface area contributed by atoms with Gasteiger partial charge in [0.05, 0.1) is 0 Å². The molecule has 0 amide bonds. The van der Waals surface area contributed by atoms with Crippen LogP contribution in [0.1, 0.15) is 27.2 Å². The molecule has 1 aliphatic rings. The molecule has 0 spiro atoms. The normalized spacial score (nSPS) is 31.3. The van der Waals surface area contributed by atoms with Crippen LogP contribution < -0.4 is 5.73 Å². The predicted molar refractivity (Wildman–Crippen MR) is 61.4 cm³/mol. The van der Waals surface area contributed by atoms with Crippen LogP contribution in [0.25, 0.3) is 0 Å². The van der Waals surface area contributed by atoms with Crippen molar-refractivity contribution in [3.63, 3.8) is 0 Å². The Labute approximate surface area is 88.2 Å². The van der Waals surface area contributed by atoms with Crippen molar-refractivity contribution < 1.29 is 0 Å². The molecule has 1 saturated heterocycles. The molecule has 3 heteroatoms. The van der Waals surface area contributed by atoms with Crippen molar-refractivity contribution in [2.45, 2.75) is 45.3 Å². The third-order valence-corrected chi connectivity index (χ3v) is 3.36. The fourth-order valence-electron chi connectivity index (χ4n) is 2.29. The van der Waals surface area contributed by atoms with Gasteiger partial charge < -0.3 is 10.6 Å². The molecule has 1 heterocycles. The van der Waals surface area contributed by atoms with Crippen molar-refractivity contribution in [3.05, 3.63) is 0 Å². The summed E-state index contributed by atoms with van der Waals surface area (Å²) in [5.41, 5.74) is 5.66. The number of nitrogens with two attached hydrogens (primary N) is 1. The maximum absolute atomic E-state index is 5.66. The van der Waals surface area contributed by atoms with Crippen molar-refractivity contribution in [3.8, 4) is 0 Å². The van der Waals surface area contributed by atoms with Crippen molar-refractivity contribution in [1.82, 2.24) is 9.80 Å². The van der Waals surface area contributed by atoms with Gasteiger partial charge in [-0.1, -0.05) is 0 Å². The molecule has 2 unspecified atom stereocenters. The molecule has 0 radical (unpaired) electrons. The lowest BCUT2D eigenvalue weighted by Crippen LogP contribution is -2.58. The molecule has 0 aromatic rings. The molecule has 0 saturated carbocycles. The topological polar surface area (TPSA) is 32.5 Å². The number of hydrogen-bond donors (Lipinski definition) is 1. The van der Waals surface area contributed by atoms with Crippen molar-refractivity contribution in [1.29, 1.82) is 0 Å². The number of likely N-dealkylation sites (N-methyl/N-ethyl adjacent to an activating group) is 1. The highest BCUT2D eigenvalue weighted by molar-refractivity contribution is 4.86. The molecule has 14 heavy (non-hydrogen) atoms. The Morgan fingerprint density at radius 2 is 2.00 bits per heavy atom. The van der Waals surface area contributed by atoms with E-state index in [-0.39, 0.29) is 0 Å². The van der Waals surface area contributed by atoms with Crippen LogP contribution in [0.2, 0.25) is 0 Å². The van der Waals surface area contributed by atoms with Crippen LogP contribution in [0.15, 0.2) is 0 Å². The summed E-state index contributed by atoms with van der Waals surface area (Å²) >= 11 is 0. The van der Waals surface area contributed by atoms with Crippen molar-refractivity contribution in [2.75, 3.05) is 26.7 Å². The summed E-state index contributed by atoms with van der Waals surface area (Å²) in [6.45, 7) is 10.0. The third-order valence-electron chi connectivity index (χ3n) is 3.36. The first-order valence-electron chi connectivity index (χ1n) is 5.72. The molecule has 0 aromatic carbocycles. The second-order valence-corrected chi connectivity index (χ2v) is 4.81. The van der Waals surface area contributed by atoms with Crippen LogP contribution in [0.5, 0.6) is 0 Å². The Hall–Kier alpha value is -0.120. The standard InChI is InChI=1S/C11H25N3/c1-9(2)14-7-10(3)13(4)8-11(14)5-6-12/h9-11H,5-8,12H2,1-4H3. The molecular weight excluding hydrogens is 174 g/mol. The zero-order valence-electron chi connectivity index (χ0n) is 10.0. The predicted octanol–water partition coefficient (Wildman–Crippen LogP) is 0.748. The lowest BCUT2D eigenvalue weighted by atomic mass is 10.0. The number of rotatable bonds is 3. The van der Waals surface area contributed by atoms with Gasteiger partial charge in [-0.25, -0.2) is 0 Å². The molecular formula is C11H25N3. The summed E-state index contributed by atoms with van der Waals surface area (Å²) in [4.78, 5) is 5.04. The van der Waals surface area contributed by atoms with E-state index in [1.807, 2.05) is 0 Å². The van der Waals surface area contributed by atoms with E-state index in [4.69, 9.17) is 5.73 Å². The van der Waals surface area contributed by atoms with Crippen LogP contribution in [0.3, 0.4) is 0 Å². The van der Waals surface area contributed by atoms with E-state index in [0.29, 0.717) is 18.1 Å². The van der Waals surface area contributed by atoms with Gasteiger partial charge in [-0.3, -0.25) is 4.90 Å². The first-order chi connectivity index (χ1) is 6.56. The largest absolute Gasteiger partial charge is 0.330 e. The first kappa shape index (κ1) is 12.0. The van der Waals surface area contributed by atoms with Gasteiger partial charge in [-0.05, 0) is 40.8 Å². The zero-order valence-corrected chi connectivity index (χ0v) is 10.0. The quantitative estimate of drug-likeness (QED) is 0.728. The SMILES string of the molecule is CC1CN(C(C)C)C(CCN)CN1C. The monoisotopic (exact) mass is 199 g/mol. The summed E-state index contributed by atoms with van der Waals surface area (Å²) in [5, 5.41) is 0. The summed E-state index contributed by atoms with van der Waals surface area (Å²) in [6, 6.07) is 1.97. The highest BCUT2D eigenvalue weighted by Gasteiger charge is 2.30. The fourth-order valence-corrected chi connectivity index (χ4v) is 2.29. The van der Waals surface area contributed by atoms with Gasteiger partial charge in [0, 0.05) is 31.2 Å². The lowest BCUT2D eigenvalue weighted by Gasteiger charge is -2.46. The van der Waals surface area contributed by atoms with Gasteiger partial charge >= 0.3 is 0 Å². The average molecular weight is 199 g/mol. The molecule has 1 aliphatic heterocycles. The van der Waals surface area contributed by atoms with Gasteiger partial charge in [0.15, 0.2) is 0 Å². The minimum Gasteiger partial charge on any atom is -0.330 e. The maximum Gasteiger partial charge on any atom is 0.0238 e. The first-order valence-corrected chi connectivity index (χ1v) is 5.72. The molecule has 2 atom stereocenters. The van der Waals surface area contributed by atoms with Crippen LogP contribution in [0.4, 0.5) is 0 Å². The average Bonchev–Trinajstić information content (AvgIpc) is 2.11. The number of hydrogen-bond acceptors (Lipinski definition) is 3. The van der Waals surface area contributed by atoms with Gasteiger partial charge in [-0.2, -0.15) is 0 Å². The highest BCUT2D eigenvalue weighted by Crippen LogP contribution is 2.18. The second kappa shape index (κ2) is 5.10. The Bertz CT molecular complexity index is 170. The molecule has 0 aliphatic carbocycles. The van der Waals surface area contributed by atoms with E-state index < -0.39 is 0 Å². The second-order valence-electron chi connectivity index (χ2n) is 4.81. The Morgan fingerprint density at radius 3 is 2.50 bits per heavy atom. The third kappa shape index (κ3) is 2.69.